The molecule has 0 saturated heterocycles. The predicted octanol–water partition coefficient (Wildman–Crippen LogP) is 1.24. The first-order valence-electron chi connectivity index (χ1n) is 6.09. The average molecular weight is 225 g/mol. The van der Waals surface area contributed by atoms with Crippen LogP contribution < -0.4 is 5.32 Å². The van der Waals surface area contributed by atoms with Gasteiger partial charge in [0.2, 0.25) is 5.91 Å². The minimum Gasteiger partial charge on any atom is -0.469 e. The molecule has 2 rings (SSSR count). The van der Waals surface area contributed by atoms with E-state index in [1.165, 1.54) is 7.11 Å². The number of carbonyl (C=O) groups is 2. The number of esters is 1. The molecule has 0 heterocycles. The number of methoxy groups -OCH3 is 1. The lowest BCUT2D eigenvalue weighted by molar-refractivity contribution is -0.146. The molecule has 16 heavy (non-hydrogen) atoms. The third-order valence-electron chi connectivity index (χ3n) is 3.56. The Morgan fingerprint density at radius 3 is 2.06 bits per heavy atom. The van der Waals surface area contributed by atoms with Crippen molar-refractivity contribution < 1.29 is 14.3 Å². The highest BCUT2D eigenvalue weighted by Crippen LogP contribution is 2.30. The molecular formula is C12H19NO3. The van der Waals surface area contributed by atoms with Crippen LogP contribution in [0.4, 0.5) is 0 Å². The molecule has 0 spiro atoms. The lowest BCUT2D eigenvalue weighted by Crippen LogP contribution is -2.39. The van der Waals surface area contributed by atoms with E-state index in [1.54, 1.807) is 0 Å². The second-order valence-electron chi connectivity index (χ2n) is 4.85. The number of nitrogens with one attached hydrogen (secondary N) is 1. The summed E-state index contributed by atoms with van der Waals surface area (Å²) in [6, 6.07) is 0.272. The zero-order valence-electron chi connectivity index (χ0n) is 9.70. The molecule has 0 aromatic heterocycles. The maximum Gasteiger partial charge on any atom is 0.308 e. The monoisotopic (exact) mass is 225 g/mol. The number of hydrogen-bond acceptors (Lipinski definition) is 3. The van der Waals surface area contributed by atoms with Gasteiger partial charge in [0.25, 0.3) is 0 Å². The summed E-state index contributed by atoms with van der Waals surface area (Å²) in [7, 11) is 1.43. The second-order valence-corrected chi connectivity index (χ2v) is 4.85. The standard InChI is InChI=1S/C12H19NO3/c1-16-12(15)9-4-6-10(7-5-9)13-11(14)8-2-3-8/h8-10H,2-7H2,1H3,(H,13,14)/t9-,10+. The van der Waals surface area contributed by atoms with Crippen molar-refractivity contribution in [1.29, 1.82) is 0 Å². The van der Waals surface area contributed by atoms with Gasteiger partial charge in [-0.3, -0.25) is 9.59 Å². The Bertz CT molecular complexity index is 278. The fourth-order valence-corrected chi connectivity index (χ4v) is 2.30. The van der Waals surface area contributed by atoms with E-state index >= 15 is 0 Å². The molecule has 2 aliphatic rings. The van der Waals surface area contributed by atoms with E-state index in [9.17, 15) is 9.59 Å². The Kier molecular flexibility index (Phi) is 3.46. The van der Waals surface area contributed by atoms with Gasteiger partial charge in [-0.25, -0.2) is 0 Å². The molecule has 1 N–H and O–H groups in total. The third kappa shape index (κ3) is 2.74. The molecule has 2 saturated carbocycles. The summed E-state index contributed by atoms with van der Waals surface area (Å²) in [5.74, 6) is 0.422. The van der Waals surface area contributed by atoms with E-state index in [1.807, 2.05) is 0 Å². The highest BCUT2D eigenvalue weighted by molar-refractivity contribution is 5.81. The summed E-state index contributed by atoms with van der Waals surface area (Å²) in [5.41, 5.74) is 0. The average Bonchev–Trinajstić information content (AvgIpc) is 3.13. The molecule has 0 bridgehead atoms. The third-order valence-corrected chi connectivity index (χ3v) is 3.56. The van der Waals surface area contributed by atoms with Crippen molar-refractivity contribution in [2.45, 2.75) is 44.6 Å². The molecule has 0 aromatic rings. The topological polar surface area (TPSA) is 55.4 Å². The zero-order valence-corrected chi connectivity index (χ0v) is 9.70. The highest BCUT2D eigenvalue weighted by atomic mass is 16.5. The van der Waals surface area contributed by atoms with Gasteiger partial charge in [0.15, 0.2) is 0 Å². The smallest absolute Gasteiger partial charge is 0.308 e. The largest absolute Gasteiger partial charge is 0.469 e. The summed E-state index contributed by atoms with van der Waals surface area (Å²) < 4.78 is 4.73. The molecular weight excluding hydrogens is 206 g/mol. The van der Waals surface area contributed by atoms with Crippen molar-refractivity contribution in [2.24, 2.45) is 11.8 Å². The summed E-state index contributed by atoms with van der Waals surface area (Å²) in [5, 5.41) is 3.07. The molecule has 2 fully saturated rings. The number of carbonyl (C=O) groups excluding carboxylic acids is 2. The fourth-order valence-electron chi connectivity index (χ4n) is 2.30. The number of amides is 1. The Hall–Kier alpha value is -1.06. The van der Waals surface area contributed by atoms with E-state index in [-0.39, 0.29) is 29.8 Å². The minimum atomic E-state index is -0.105. The van der Waals surface area contributed by atoms with Crippen LogP contribution in [0, 0.1) is 11.8 Å². The van der Waals surface area contributed by atoms with E-state index in [2.05, 4.69) is 5.32 Å². The van der Waals surface area contributed by atoms with Gasteiger partial charge < -0.3 is 10.1 Å². The van der Waals surface area contributed by atoms with Crippen LogP contribution in [0.5, 0.6) is 0 Å². The molecule has 4 nitrogen and oxygen atoms in total. The number of ether oxygens (including phenoxy) is 1. The van der Waals surface area contributed by atoms with Gasteiger partial charge in [0.1, 0.15) is 0 Å². The van der Waals surface area contributed by atoms with Crippen molar-refractivity contribution in [3.8, 4) is 0 Å². The van der Waals surface area contributed by atoms with Crippen molar-refractivity contribution in [3.05, 3.63) is 0 Å². The van der Waals surface area contributed by atoms with Gasteiger partial charge in [-0.1, -0.05) is 0 Å². The quantitative estimate of drug-likeness (QED) is 0.735. The Balaban J connectivity index is 1.72. The van der Waals surface area contributed by atoms with Crippen molar-refractivity contribution in [3.63, 3.8) is 0 Å². The summed E-state index contributed by atoms with van der Waals surface area (Å²) in [6.45, 7) is 0. The van der Waals surface area contributed by atoms with Crippen molar-refractivity contribution in [1.82, 2.24) is 5.32 Å². The minimum absolute atomic E-state index is 0.0408. The van der Waals surface area contributed by atoms with Gasteiger partial charge in [-0.15, -0.1) is 0 Å². The normalized spacial score (nSPS) is 29.6. The van der Waals surface area contributed by atoms with Crippen LogP contribution in [0.15, 0.2) is 0 Å². The maximum absolute atomic E-state index is 11.5. The molecule has 2 aliphatic carbocycles. The maximum atomic E-state index is 11.5. The molecule has 0 atom stereocenters. The van der Waals surface area contributed by atoms with Crippen LogP contribution >= 0.6 is 0 Å². The predicted molar refractivity (Wildman–Crippen MR) is 58.6 cm³/mol. The lowest BCUT2D eigenvalue weighted by Gasteiger charge is -2.27. The first kappa shape index (κ1) is 11.4. The van der Waals surface area contributed by atoms with E-state index < -0.39 is 0 Å². The molecule has 0 unspecified atom stereocenters. The van der Waals surface area contributed by atoms with Gasteiger partial charge in [0, 0.05) is 12.0 Å². The number of rotatable bonds is 3. The summed E-state index contributed by atoms with van der Waals surface area (Å²) >= 11 is 0. The fraction of sp³-hybridized carbons (Fsp3) is 0.833. The first-order chi connectivity index (χ1) is 7.70. The molecule has 0 aliphatic heterocycles. The van der Waals surface area contributed by atoms with Crippen LogP contribution in [0.3, 0.4) is 0 Å². The molecule has 0 aromatic carbocycles. The van der Waals surface area contributed by atoms with Crippen LogP contribution in [0.1, 0.15) is 38.5 Å². The van der Waals surface area contributed by atoms with E-state index in [0.717, 1.165) is 38.5 Å². The Morgan fingerprint density at radius 2 is 1.56 bits per heavy atom. The van der Waals surface area contributed by atoms with Crippen LogP contribution in [0.2, 0.25) is 0 Å². The van der Waals surface area contributed by atoms with E-state index in [4.69, 9.17) is 4.74 Å². The van der Waals surface area contributed by atoms with Crippen molar-refractivity contribution >= 4 is 11.9 Å². The summed E-state index contributed by atoms with van der Waals surface area (Å²) in [4.78, 5) is 22.8. The molecule has 1 amide bonds. The molecule has 4 heteroatoms. The van der Waals surface area contributed by atoms with Crippen LogP contribution in [-0.4, -0.2) is 25.0 Å². The van der Waals surface area contributed by atoms with Gasteiger partial charge >= 0.3 is 5.97 Å². The van der Waals surface area contributed by atoms with E-state index in [0.29, 0.717) is 0 Å². The number of hydrogen-bond donors (Lipinski definition) is 1. The molecule has 0 radical (unpaired) electrons. The van der Waals surface area contributed by atoms with Gasteiger partial charge in [0.05, 0.1) is 13.0 Å². The summed E-state index contributed by atoms with van der Waals surface area (Å²) in [6.07, 6.45) is 5.56. The lowest BCUT2D eigenvalue weighted by atomic mass is 9.86. The van der Waals surface area contributed by atoms with Crippen LogP contribution in [0.25, 0.3) is 0 Å². The SMILES string of the molecule is COC(=O)[C@H]1CC[C@@H](NC(=O)C2CC2)CC1. The zero-order chi connectivity index (χ0) is 11.5. The highest BCUT2D eigenvalue weighted by Gasteiger charge is 2.33. The first-order valence-corrected chi connectivity index (χ1v) is 6.09. The van der Waals surface area contributed by atoms with Gasteiger partial charge in [-0.05, 0) is 38.5 Å². The van der Waals surface area contributed by atoms with Gasteiger partial charge in [-0.2, -0.15) is 0 Å². The van der Waals surface area contributed by atoms with Crippen LogP contribution in [-0.2, 0) is 14.3 Å². The van der Waals surface area contributed by atoms with Crippen molar-refractivity contribution in [2.75, 3.05) is 7.11 Å². The Morgan fingerprint density at radius 1 is 1.00 bits per heavy atom. The Labute approximate surface area is 95.7 Å². The second kappa shape index (κ2) is 4.85. The molecule has 90 valence electrons.